The van der Waals surface area contributed by atoms with E-state index in [0.29, 0.717) is 18.8 Å². The molecule has 0 aliphatic carbocycles. The van der Waals surface area contributed by atoms with Crippen LogP contribution in [0.15, 0.2) is 40.9 Å². The second-order valence-electron chi connectivity index (χ2n) is 6.95. The minimum atomic E-state index is 0.611. The molecule has 27 heavy (non-hydrogen) atoms. The van der Waals surface area contributed by atoms with Gasteiger partial charge in [0.2, 0.25) is 0 Å². The number of nitrogens with zero attached hydrogens (tertiary/aromatic N) is 3. The quantitative estimate of drug-likeness (QED) is 0.747. The molecule has 2 aliphatic rings. The van der Waals surface area contributed by atoms with Crippen molar-refractivity contribution in [3.8, 4) is 17.6 Å². The van der Waals surface area contributed by atoms with Crippen LogP contribution < -0.4 is 9.47 Å². The Kier molecular flexibility index (Phi) is 5.63. The molecule has 1 fully saturated rings. The van der Waals surface area contributed by atoms with E-state index in [0.717, 1.165) is 55.2 Å². The van der Waals surface area contributed by atoms with Crippen molar-refractivity contribution in [2.45, 2.75) is 13.1 Å². The molecule has 5 nitrogen and oxygen atoms in total. The highest BCUT2D eigenvalue weighted by Crippen LogP contribution is 2.36. The van der Waals surface area contributed by atoms with Gasteiger partial charge in [0.1, 0.15) is 13.2 Å². The molecule has 140 valence electrons. The van der Waals surface area contributed by atoms with Crippen LogP contribution in [-0.4, -0.2) is 49.2 Å². The second-order valence-corrected chi connectivity index (χ2v) is 7.80. The summed E-state index contributed by atoms with van der Waals surface area (Å²) in [6.45, 7) is 7.23. The lowest BCUT2D eigenvalue weighted by molar-refractivity contribution is 0.121. The highest BCUT2D eigenvalue weighted by atomic mass is 79.9. The van der Waals surface area contributed by atoms with Gasteiger partial charge in [-0.2, -0.15) is 5.26 Å². The van der Waals surface area contributed by atoms with Gasteiger partial charge in [0, 0.05) is 43.7 Å². The zero-order valence-corrected chi connectivity index (χ0v) is 16.7. The monoisotopic (exact) mass is 427 g/mol. The molecule has 0 unspecified atom stereocenters. The number of halogens is 1. The molecule has 0 saturated carbocycles. The molecule has 6 heteroatoms. The Morgan fingerprint density at radius 1 is 0.889 bits per heavy atom. The molecule has 0 bridgehead atoms. The van der Waals surface area contributed by atoms with E-state index in [9.17, 15) is 0 Å². The Morgan fingerprint density at radius 3 is 2.11 bits per heavy atom. The van der Waals surface area contributed by atoms with E-state index in [2.05, 4.69) is 50.0 Å². The lowest BCUT2D eigenvalue weighted by Gasteiger charge is -2.35. The number of ether oxygens (including phenoxy) is 2. The van der Waals surface area contributed by atoms with Crippen molar-refractivity contribution in [2.75, 3.05) is 39.4 Å². The molecule has 0 N–H and O–H groups in total. The molecule has 2 heterocycles. The minimum absolute atomic E-state index is 0.611. The summed E-state index contributed by atoms with van der Waals surface area (Å²) in [5, 5.41) is 8.90. The first kappa shape index (κ1) is 18.3. The first-order valence-electron chi connectivity index (χ1n) is 9.23. The molecule has 2 aromatic carbocycles. The van der Waals surface area contributed by atoms with Gasteiger partial charge in [-0.3, -0.25) is 9.80 Å². The SMILES string of the molecule is N#Cc1ccc(CN2CCN(Cc3cc4c(cc3Br)OCCO4)CC2)cc1. The fraction of sp³-hybridized carbons (Fsp3) is 0.381. The van der Waals surface area contributed by atoms with Crippen LogP contribution in [0.4, 0.5) is 0 Å². The maximum absolute atomic E-state index is 8.90. The Hall–Kier alpha value is -2.07. The minimum Gasteiger partial charge on any atom is -0.486 e. The predicted molar refractivity (Wildman–Crippen MR) is 107 cm³/mol. The van der Waals surface area contributed by atoms with Crippen LogP contribution in [0.3, 0.4) is 0 Å². The van der Waals surface area contributed by atoms with Crippen molar-refractivity contribution < 1.29 is 9.47 Å². The van der Waals surface area contributed by atoms with E-state index >= 15 is 0 Å². The van der Waals surface area contributed by atoms with Crippen LogP contribution in [0, 0.1) is 11.3 Å². The van der Waals surface area contributed by atoms with Crippen LogP contribution in [0.5, 0.6) is 11.5 Å². The van der Waals surface area contributed by atoms with Gasteiger partial charge < -0.3 is 9.47 Å². The van der Waals surface area contributed by atoms with Gasteiger partial charge in [0.05, 0.1) is 11.6 Å². The van der Waals surface area contributed by atoms with Crippen molar-refractivity contribution in [2.24, 2.45) is 0 Å². The van der Waals surface area contributed by atoms with Crippen molar-refractivity contribution in [3.05, 3.63) is 57.6 Å². The van der Waals surface area contributed by atoms with E-state index in [1.807, 2.05) is 18.2 Å². The number of rotatable bonds is 4. The molecule has 0 spiro atoms. The Bertz CT molecular complexity index is 840. The van der Waals surface area contributed by atoms with Gasteiger partial charge in [-0.05, 0) is 35.4 Å². The number of nitriles is 1. The summed E-state index contributed by atoms with van der Waals surface area (Å²) in [6, 6.07) is 14.2. The maximum atomic E-state index is 8.90. The third kappa shape index (κ3) is 4.44. The van der Waals surface area contributed by atoms with Gasteiger partial charge in [-0.25, -0.2) is 0 Å². The molecule has 1 saturated heterocycles. The summed E-state index contributed by atoms with van der Waals surface area (Å²) in [6.07, 6.45) is 0. The van der Waals surface area contributed by atoms with Crippen LogP contribution >= 0.6 is 15.9 Å². The van der Waals surface area contributed by atoms with Gasteiger partial charge in [-0.15, -0.1) is 0 Å². The second kappa shape index (κ2) is 8.30. The number of hydrogen-bond donors (Lipinski definition) is 0. The van der Waals surface area contributed by atoms with E-state index in [-0.39, 0.29) is 0 Å². The molecule has 0 atom stereocenters. The summed E-state index contributed by atoms with van der Waals surface area (Å²) in [5.74, 6) is 1.67. The maximum Gasteiger partial charge on any atom is 0.162 e. The van der Waals surface area contributed by atoms with Crippen molar-refractivity contribution >= 4 is 15.9 Å². The zero-order chi connectivity index (χ0) is 18.6. The summed E-state index contributed by atoms with van der Waals surface area (Å²) < 4.78 is 12.4. The van der Waals surface area contributed by atoms with E-state index in [1.54, 1.807) is 0 Å². The Morgan fingerprint density at radius 2 is 1.48 bits per heavy atom. The standard InChI is InChI=1S/C21H22BrN3O2/c22-19-12-21-20(26-9-10-27-21)11-18(19)15-25-7-5-24(6-8-25)14-17-3-1-16(13-23)2-4-17/h1-4,11-12H,5-10,14-15H2. The topological polar surface area (TPSA) is 48.7 Å². The summed E-state index contributed by atoms with van der Waals surface area (Å²) in [7, 11) is 0. The third-order valence-corrected chi connectivity index (χ3v) is 5.80. The Labute approximate surface area is 168 Å². The fourth-order valence-corrected chi connectivity index (χ4v) is 3.96. The molecular formula is C21H22BrN3O2. The summed E-state index contributed by atoms with van der Waals surface area (Å²) in [4.78, 5) is 4.95. The molecule has 0 aromatic heterocycles. The van der Waals surface area contributed by atoms with Gasteiger partial charge in [0.25, 0.3) is 0 Å². The fourth-order valence-electron chi connectivity index (χ4n) is 3.52. The van der Waals surface area contributed by atoms with E-state index < -0.39 is 0 Å². The predicted octanol–water partition coefficient (Wildman–Crippen LogP) is 3.41. The smallest absolute Gasteiger partial charge is 0.162 e. The first-order chi connectivity index (χ1) is 13.2. The van der Waals surface area contributed by atoms with Crippen molar-refractivity contribution in [1.82, 2.24) is 9.80 Å². The van der Waals surface area contributed by atoms with Crippen LogP contribution in [-0.2, 0) is 13.1 Å². The molecule has 4 rings (SSSR count). The van der Waals surface area contributed by atoms with Crippen LogP contribution in [0.1, 0.15) is 16.7 Å². The lowest BCUT2D eigenvalue weighted by Crippen LogP contribution is -2.45. The normalized spacial score (nSPS) is 17.5. The number of benzene rings is 2. The molecular weight excluding hydrogens is 406 g/mol. The zero-order valence-electron chi connectivity index (χ0n) is 15.2. The number of hydrogen-bond acceptors (Lipinski definition) is 5. The van der Waals surface area contributed by atoms with E-state index in [1.165, 1.54) is 11.1 Å². The van der Waals surface area contributed by atoms with Gasteiger partial charge in [0.15, 0.2) is 11.5 Å². The molecule has 2 aliphatic heterocycles. The van der Waals surface area contributed by atoms with Crippen LogP contribution in [0.2, 0.25) is 0 Å². The van der Waals surface area contributed by atoms with Crippen LogP contribution in [0.25, 0.3) is 0 Å². The largest absolute Gasteiger partial charge is 0.486 e. The highest BCUT2D eigenvalue weighted by molar-refractivity contribution is 9.10. The van der Waals surface area contributed by atoms with Gasteiger partial charge in [-0.1, -0.05) is 28.1 Å². The average Bonchev–Trinajstić information content (AvgIpc) is 2.70. The Balaban J connectivity index is 1.32. The van der Waals surface area contributed by atoms with Crippen molar-refractivity contribution in [3.63, 3.8) is 0 Å². The molecule has 0 amide bonds. The molecule has 0 radical (unpaired) electrons. The summed E-state index contributed by atoms with van der Waals surface area (Å²) in [5.41, 5.74) is 3.21. The van der Waals surface area contributed by atoms with Gasteiger partial charge >= 0.3 is 0 Å². The third-order valence-electron chi connectivity index (χ3n) is 5.06. The number of fused-ring (bicyclic) bond motifs is 1. The lowest BCUT2D eigenvalue weighted by atomic mass is 10.1. The average molecular weight is 428 g/mol. The van der Waals surface area contributed by atoms with Crippen molar-refractivity contribution in [1.29, 1.82) is 5.26 Å². The van der Waals surface area contributed by atoms with E-state index in [4.69, 9.17) is 14.7 Å². The first-order valence-corrected chi connectivity index (χ1v) is 10.0. The highest BCUT2D eigenvalue weighted by Gasteiger charge is 2.20. The summed E-state index contributed by atoms with van der Waals surface area (Å²) >= 11 is 3.67. The number of piperazine rings is 1. The molecule has 2 aromatic rings.